The SMILES string of the molecule is CN(C(N)=NCCSc1ccc(Cl)cc1)C1CC1. The Balaban J connectivity index is 1.71. The highest BCUT2D eigenvalue weighted by Crippen LogP contribution is 2.25. The average Bonchev–Trinajstić information content (AvgIpc) is 3.20. The van der Waals surface area contributed by atoms with E-state index in [9.17, 15) is 0 Å². The fraction of sp³-hybridized carbons (Fsp3) is 0.462. The molecule has 0 atom stereocenters. The van der Waals surface area contributed by atoms with Crippen LogP contribution in [0.4, 0.5) is 0 Å². The number of rotatable bonds is 5. The summed E-state index contributed by atoms with van der Waals surface area (Å²) in [5.41, 5.74) is 5.91. The highest BCUT2D eigenvalue weighted by atomic mass is 35.5. The Bertz CT molecular complexity index is 415. The predicted molar refractivity (Wildman–Crippen MR) is 79.5 cm³/mol. The molecule has 1 aromatic carbocycles. The first kappa shape index (κ1) is 13.6. The summed E-state index contributed by atoms with van der Waals surface area (Å²) < 4.78 is 0. The molecule has 1 saturated carbocycles. The molecule has 0 amide bonds. The van der Waals surface area contributed by atoms with Gasteiger partial charge in [-0.1, -0.05) is 11.6 Å². The zero-order valence-electron chi connectivity index (χ0n) is 10.5. The first-order valence-electron chi connectivity index (χ1n) is 6.08. The Morgan fingerprint density at radius 2 is 2.11 bits per heavy atom. The van der Waals surface area contributed by atoms with Crippen LogP contribution in [-0.4, -0.2) is 36.2 Å². The minimum atomic E-state index is 0.623. The molecule has 1 aliphatic rings. The lowest BCUT2D eigenvalue weighted by Gasteiger charge is -2.16. The molecule has 18 heavy (non-hydrogen) atoms. The zero-order valence-corrected chi connectivity index (χ0v) is 12.0. The fourth-order valence-corrected chi connectivity index (χ4v) is 2.49. The maximum atomic E-state index is 5.91. The Kier molecular flexibility index (Phi) is 4.78. The second-order valence-electron chi connectivity index (χ2n) is 4.38. The van der Waals surface area contributed by atoms with Crippen molar-refractivity contribution in [2.24, 2.45) is 10.7 Å². The number of nitrogens with two attached hydrogens (primary N) is 1. The van der Waals surface area contributed by atoms with E-state index < -0.39 is 0 Å². The molecule has 2 rings (SSSR count). The maximum Gasteiger partial charge on any atom is 0.191 e. The zero-order chi connectivity index (χ0) is 13.0. The van der Waals surface area contributed by atoms with Gasteiger partial charge in [-0.2, -0.15) is 0 Å². The summed E-state index contributed by atoms with van der Waals surface area (Å²) in [5.74, 6) is 1.59. The third kappa shape index (κ3) is 4.10. The molecule has 1 aromatic rings. The molecule has 98 valence electrons. The lowest BCUT2D eigenvalue weighted by atomic mass is 10.4. The molecular formula is C13H18ClN3S. The standard InChI is InChI=1S/C13H18ClN3S/c1-17(11-4-5-11)13(15)16-8-9-18-12-6-2-10(14)3-7-12/h2-3,6-7,11H,4-5,8-9H2,1H3,(H2,15,16). The van der Waals surface area contributed by atoms with Crippen molar-refractivity contribution in [2.45, 2.75) is 23.8 Å². The predicted octanol–water partition coefficient (Wildman–Crippen LogP) is 2.84. The van der Waals surface area contributed by atoms with E-state index in [4.69, 9.17) is 17.3 Å². The number of thioether (sulfide) groups is 1. The van der Waals surface area contributed by atoms with Crippen LogP contribution in [0.3, 0.4) is 0 Å². The summed E-state index contributed by atoms with van der Waals surface area (Å²) >= 11 is 7.60. The van der Waals surface area contributed by atoms with Gasteiger partial charge in [0.2, 0.25) is 0 Å². The van der Waals surface area contributed by atoms with Crippen molar-refractivity contribution < 1.29 is 0 Å². The van der Waals surface area contributed by atoms with Crippen molar-refractivity contribution in [3.63, 3.8) is 0 Å². The lowest BCUT2D eigenvalue weighted by Crippen LogP contribution is -2.35. The van der Waals surface area contributed by atoms with Crippen LogP contribution in [-0.2, 0) is 0 Å². The molecule has 0 radical (unpaired) electrons. The summed E-state index contributed by atoms with van der Waals surface area (Å²) in [6.07, 6.45) is 2.48. The monoisotopic (exact) mass is 283 g/mol. The van der Waals surface area contributed by atoms with Gasteiger partial charge in [-0.15, -0.1) is 11.8 Å². The summed E-state index contributed by atoms with van der Waals surface area (Å²) in [7, 11) is 2.02. The van der Waals surface area contributed by atoms with Crippen molar-refractivity contribution in [3.8, 4) is 0 Å². The van der Waals surface area contributed by atoms with E-state index in [0.29, 0.717) is 12.0 Å². The summed E-state index contributed by atoms with van der Waals surface area (Å²) in [4.78, 5) is 7.68. The topological polar surface area (TPSA) is 41.6 Å². The van der Waals surface area contributed by atoms with Crippen LogP contribution in [0.25, 0.3) is 0 Å². The number of benzene rings is 1. The number of guanidine groups is 1. The van der Waals surface area contributed by atoms with E-state index in [2.05, 4.69) is 9.89 Å². The van der Waals surface area contributed by atoms with Crippen molar-refractivity contribution in [1.82, 2.24) is 4.90 Å². The number of halogens is 1. The molecule has 0 spiro atoms. The van der Waals surface area contributed by atoms with Gasteiger partial charge in [0.25, 0.3) is 0 Å². The van der Waals surface area contributed by atoms with Gasteiger partial charge in [0, 0.05) is 28.8 Å². The Labute approximate surface area is 117 Å². The second-order valence-corrected chi connectivity index (χ2v) is 5.99. The van der Waals surface area contributed by atoms with Crippen LogP contribution < -0.4 is 5.73 Å². The van der Waals surface area contributed by atoms with E-state index >= 15 is 0 Å². The molecule has 0 heterocycles. The lowest BCUT2D eigenvalue weighted by molar-refractivity contribution is 0.488. The van der Waals surface area contributed by atoms with Crippen LogP contribution in [0.5, 0.6) is 0 Å². The van der Waals surface area contributed by atoms with Gasteiger partial charge in [0.15, 0.2) is 5.96 Å². The molecule has 2 N–H and O–H groups in total. The summed E-state index contributed by atoms with van der Waals surface area (Å²) in [5, 5.41) is 0.771. The van der Waals surface area contributed by atoms with E-state index in [1.54, 1.807) is 11.8 Å². The molecule has 3 nitrogen and oxygen atoms in total. The summed E-state index contributed by atoms with van der Waals surface area (Å²) in [6.45, 7) is 0.746. The third-order valence-corrected chi connectivity index (χ3v) is 4.15. The molecule has 0 saturated heterocycles. The van der Waals surface area contributed by atoms with E-state index in [1.165, 1.54) is 17.7 Å². The highest BCUT2D eigenvalue weighted by molar-refractivity contribution is 7.99. The van der Waals surface area contributed by atoms with Crippen molar-refractivity contribution >= 4 is 29.3 Å². The molecule has 1 aliphatic carbocycles. The average molecular weight is 284 g/mol. The summed E-state index contributed by atoms with van der Waals surface area (Å²) in [6, 6.07) is 8.48. The van der Waals surface area contributed by atoms with E-state index in [0.717, 1.165) is 17.3 Å². The van der Waals surface area contributed by atoms with Crippen molar-refractivity contribution in [3.05, 3.63) is 29.3 Å². The van der Waals surface area contributed by atoms with Gasteiger partial charge in [-0.25, -0.2) is 0 Å². The first-order valence-corrected chi connectivity index (χ1v) is 7.44. The Hall–Kier alpha value is -0.870. The quantitative estimate of drug-likeness (QED) is 0.391. The Morgan fingerprint density at radius 1 is 1.44 bits per heavy atom. The van der Waals surface area contributed by atoms with Gasteiger partial charge in [-0.05, 0) is 37.1 Å². The fourth-order valence-electron chi connectivity index (χ4n) is 1.61. The van der Waals surface area contributed by atoms with Crippen LogP contribution in [0.15, 0.2) is 34.2 Å². The normalized spacial score (nSPS) is 15.8. The third-order valence-electron chi connectivity index (χ3n) is 2.90. The van der Waals surface area contributed by atoms with Crippen LogP contribution >= 0.6 is 23.4 Å². The number of hydrogen-bond acceptors (Lipinski definition) is 2. The smallest absolute Gasteiger partial charge is 0.191 e. The first-order chi connectivity index (χ1) is 8.66. The van der Waals surface area contributed by atoms with Gasteiger partial charge < -0.3 is 10.6 Å². The molecule has 1 fully saturated rings. The minimum Gasteiger partial charge on any atom is -0.370 e. The molecular weight excluding hydrogens is 266 g/mol. The maximum absolute atomic E-state index is 5.91. The molecule has 0 aliphatic heterocycles. The largest absolute Gasteiger partial charge is 0.370 e. The van der Waals surface area contributed by atoms with Crippen LogP contribution in [0.1, 0.15) is 12.8 Å². The Morgan fingerprint density at radius 3 is 2.72 bits per heavy atom. The van der Waals surface area contributed by atoms with Crippen LogP contribution in [0, 0.1) is 0 Å². The van der Waals surface area contributed by atoms with E-state index in [-0.39, 0.29) is 0 Å². The number of nitrogens with zero attached hydrogens (tertiary/aromatic N) is 2. The minimum absolute atomic E-state index is 0.623. The van der Waals surface area contributed by atoms with Gasteiger partial charge >= 0.3 is 0 Å². The second kappa shape index (κ2) is 6.34. The number of hydrogen-bond donors (Lipinski definition) is 1. The molecule has 0 aromatic heterocycles. The molecule has 0 bridgehead atoms. The van der Waals surface area contributed by atoms with Gasteiger partial charge in [0.1, 0.15) is 0 Å². The van der Waals surface area contributed by atoms with Crippen molar-refractivity contribution in [2.75, 3.05) is 19.3 Å². The van der Waals surface area contributed by atoms with E-state index in [1.807, 2.05) is 31.3 Å². The van der Waals surface area contributed by atoms with Gasteiger partial charge in [0.05, 0.1) is 6.54 Å². The van der Waals surface area contributed by atoms with Crippen molar-refractivity contribution in [1.29, 1.82) is 0 Å². The van der Waals surface area contributed by atoms with Crippen LogP contribution in [0.2, 0.25) is 5.02 Å². The molecule has 0 unspecified atom stereocenters. The van der Waals surface area contributed by atoms with Gasteiger partial charge in [-0.3, -0.25) is 4.99 Å². The number of aliphatic imine (C=N–C) groups is 1. The molecule has 5 heteroatoms. The highest BCUT2D eigenvalue weighted by Gasteiger charge is 2.27.